The highest BCUT2D eigenvalue weighted by atomic mass is 15.0. The van der Waals surface area contributed by atoms with Gasteiger partial charge in [-0.25, -0.2) is 0 Å². The van der Waals surface area contributed by atoms with Crippen molar-refractivity contribution in [2.24, 2.45) is 0 Å². The fourth-order valence-electron chi connectivity index (χ4n) is 2.16. The van der Waals surface area contributed by atoms with E-state index in [0.717, 1.165) is 12.1 Å². The van der Waals surface area contributed by atoms with Gasteiger partial charge in [-0.15, -0.1) is 0 Å². The van der Waals surface area contributed by atoms with E-state index in [0.29, 0.717) is 0 Å². The Labute approximate surface area is 76.9 Å². The van der Waals surface area contributed by atoms with Crippen molar-refractivity contribution >= 4 is 0 Å². The lowest BCUT2D eigenvalue weighted by Crippen LogP contribution is -2.28. The van der Waals surface area contributed by atoms with Crippen LogP contribution in [-0.4, -0.2) is 12.1 Å². The molecule has 0 radical (unpaired) electrons. The molecule has 12 heavy (non-hydrogen) atoms. The summed E-state index contributed by atoms with van der Waals surface area (Å²) in [7, 11) is 0. The first-order valence-corrected chi connectivity index (χ1v) is 5.62. The van der Waals surface area contributed by atoms with Gasteiger partial charge in [-0.1, -0.05) is 33.1 Å². The van der Waals surface area contributed by atoms with Gasteiger partial charge in [-0.2, -0.15) is 0 Å². The average molecular weight is 169 g/mol. The largest absolute Gasteiger partial charge is 0.311 e. The number of unbranched alkanes of at least 4 members (excludes halogenated alkanes) is 1. The lowest BCUT2D eigenvalue weighted by atomic mass is 10.1. The van der Waals surface area contributed by atoms with Crippen molar-refractivity contribution in [1.82, 2.24) is 5.32 Å². The molecule has 0 amide bonds. The maximum atomic E-state index is 3.73. The quantitative estimate of drug-likeness (QED) is 0.667. The molecule has 1 nitrogen and oxygen atoms in total. The Morgan fingerprint density at radius 2 is 1.67 bits per heavy atom. The molecule has 1 aliphatic rings. The number of hydrogen-bond acceptors (Lipinski definition) is 1. The lowest BCUT2D eigenvalue weighted by molar-refractivity contribution is 0.476. The van der Waals surface area contributed by atoms with E-state index in [9.17, 15) is 0 Å². The molecule has 0 unspecified atom stereocenters. The minimum Gasteiger partial charge on any atom is -0.311 e. The van der Waals surface area contributed by atoms with E-state index in [1.807, 2.05) is 0 Å². The van der Waals surface area contributed by atoms with Crippen LogP contribution in [0.15, 0.2) is 0 Å². The minimum atomic E-state index is 0.844. The van der Waals surface area contributed by atoms with Crippen molar-refractivity contribution in [3.63, 3.8) is 0 Å². The molecule has 0 aromatic carbocycles. The second-order valence-corrected chi connectivity index (χ2v) is 4.07. The molecule has 1 fully saturated rings. The average Bonchev–Trinajstić information content (AvgIpc) is 2.50. The molecule has 2 atom stereocenters. The molecular formula is C11H23N. The summed E-state index contributed by atoms with van der Waals surface area (Å²) in [4.78, 5) is 0. The normalized spacial score (nSPS) is 29.5. The summed E-state index contributed by atoms with van der Waals surface area (Å²) in [5.74, 6) is 0. The van der Waals surface area contributed by atoms with Crippen LogP contribution in [0, 0.1) is 0 Å². The zero-order chi connectivity index (χ0) is 8.81. The Hall–Kier alpha value is -0.0400. The Balaban J connectivity index is 2.08. The van der Waals surface area contributed by atoms with Crippen LogP contribution >= 0.6 is 0 Å². The fraction of sp³-hybridized carbons (Fsp3) is 1.00. The van der Waals surface area contributed by atoms with E-state index >= 15 is 0 Å². The highest BCUT2D eigenvalue weighted by Crippen LogP contribution is 2.19. The summed E-state index contributed by atoms with van der Waals surface area (Å²) in [6.07, 6.45) is 9.69. The third-order valence-electron chi connectivity index (χ3n) is 2.88. The molecule has 0 aliphatic carbocycles. The predicted octanol–water partition coefficient (Wildman–Crippen LogP) is 3.10. The lowest BCUT2D eigenvalue weighted by Gasteiger charge is -2.12. The Morgan fingerprint density at radius 1 is 1.00 bits per heavy atom. The van der Waals surface area contributed by atoms with Gasteiger partial charge >= 0.3 is 0 Å². The van der Waals surface area contributed by atoms with Crippen molar-refractivity contribution in [1.29, 1.82) is 0 Å². The number of hydrogen-bond donors (Lipinski definition) is 1. The van der Waals surface area contributed by atoms with Gasteiger partial charge in [0.25, 0.3) is 0 Å². The minimum absolute atomic E-state index is 0.844. The Bertz CT molecular complexity index is 112. The predicted molar refractivity (Wildman–Crippen MR) is 54.4 cm³/mol. The molecule has 0 aromatic rings. The topological polar surface area (TPSA) is 12.0 Å². The van der Waals surface area contributed by atoms with Gasteiger partial charge in [0.05, 0.1) is 0 Å². The van der Waals surface area contributed by atoms with E-state index in [1.165, 1.54) is 44.9 Å². The molecule has 1 heteroatoms. The van der Waals surface area contributed by atoms with E-state index < -0.39 is 0 Å². The molecule has 0 bridgehead atoms. The second kappa shape index (κ2) is 5.58. The van der Waals surface area contributed by atoms with Gasteiger partial charge in [0.2, 0.25) is 0 Å². The van der Waals surface area contributed by atoms with Crippen LogP contribution in [0.1, 0.15) is 58.8 Å². The third-order valence-corrected chi connectivity index (χ3v) is 2.88. The molecule has 1 saturated heterocycles. The molecule has 0 aromatic heterocycles. The fourth-order valence-corrected chi connectivity index (χ4v) is 2.16. The summed E-state index contributed by atoms with van der Waals surface area (Å²) in [6, 6.07) is 1.69. The highest BCUT2D eigenvalue weighted by Gasteiger charge is 2.21. The highest BCUT2D eigenvalue weighted by molar-refractivity contribution is 4.82. The summed E-state index contributed by atoms with van der Waals surface area (Å²) < 4.78 is 0. The van der Waals surface area contributed by atoms with Crippen LogP contribution in [-0.2, 0) is 0 Å². The van der Waals surface area contributed by atoms with Gasteiger partial charge in [0.1, 0.15) is 0 Å². The molecule has 0 saturated carbocycles. The summed E-state index contributed by atoms with van der Waals surface area (Å²) in [5, 5.41) is 3.73. The first-order valence-electron chi connectivity index (χ1n) is 5.62. The van der Waals surface area contributed by atoms with Crippen LogP contribution in [0.4, 0.5) is 0 Å². The molecule has 0 spiro atoms. The van der Waals surface area contributed by atoms with Crippen molar-refractivity contribution in [3.05, 3.63) is 0 Å². The van der Waals surface area contributed by atoms with Gasteiger partial charge in [0, 0.05) is 12.1 Å². The maximum absolute atomic E-state index is 3.73. The Morgan fingerprint density at radius 3 is 2.25 bits per heavy atom. The Kier molecular flexibility index (Phi) is 4.67. The standard InChI is InChI=1S/C11H23N/c1-3-5-7-11-9-8-10(12-11)6-4-2/h10-12H,3-9H2,1-2H3/t10-,11-/m0/s1. The smallest absolute Gasteiger partial charge is 0.00702 e. The van der Waals surface area contributed by atoms with Crippen LogP contribution in [0.2, 0.25) is 0 Å². The number of nitrogens with one attached hydrogen (secondary N) is 1. The maximum Gasteiger partial charge on any atom is 0.00702 e. The summed E-state index contributed by atoms with van der Waals surface area (Å²) in [6.45, 7) is 4.56. The first-order chi connectivity index (χ1) is 5.86. The number of rotatable bonds is 5. The van der Waals surface area contributed by atoms with Gasteiger partial charge in [-0.05, 0) is 25.7 Å². The third kappa shape index (κ3) is 3.14. The SMILES string of the molecule is CCCC[C@H]1CC[C@H](CCC)N1. The van der Waals surface area contributed by atoms with Gasteiger partial charge in [0.15, 0.2) is 0 Å². The van der Waals surface area contributed by atoms with E-state index in [1.54, 1.807) is 0 Å². The molecule has 72 valence electrons. The molecule has 1 N–H and O–H groups in total. The molecular weight excluding hydrogens is 146 g/mol. The summed E-state index contributed by atoms with van der Waals surface area (Å²) in [5.41, 5.74) is 0. The second-order valence-electron chi connectivity index (χ2n) is 4.07. The van der Waals surface area contributed by atoms with Crippen molar-refractivity contribution in [2.45, 2.75) is 70.9 Å². The molecule has 1 aliphatic heterocycles. The van der Waals surface area contributed by atoms with Crippen molar-refractivity contribution < 1.29 is 0 Å². The van der Waals surface area contributed by atoms with Crippen LogP contribution in [0.25, 0.3) is 0 Å². The van der Waals surface area contributed by atoms with Crippen molar-refractivity contribution in [3.8, 4) is 0 Å². The zero-order valence-corrected chi connectivity index (χ0v) is 8.60. The first kappa shape index (κ1) is 10.0. The van der Waals surface area contributed by atoms with E-state index in [2.05, 4.69) is 19.2 Å². The van der Waals surface area contributed by atoms with E-state index in [4.69, 9.17) is 0 Å². The molecule has 1 heterocycles. The molecule has 1 rings (SSSR count). The van der Waals surface area contributed by atoms with Crippen LogP contribution in [0.3, 0.4) is 0 Å². The van der Waals surface area contributed by atoms with Crippen molar-refractivity contribution in [2.75, 3.05) is 0 Å². The van der Waals surface area contributed by atoms with Gasteiger partial charge in [-0.3, -0.25) is 0 Å². The monoisotopic (exact) mass is 169 g/mol. The van der Waals surface area contributed by atoms with Crippen LogP contribution < -0.4 is 5.32 Å². The van der Waals surface area contributed by atoms with E-state index in [-0.39, 0.29) is 0 Å². The van der Waals surface area contributed by atoms with Crippen LogP contribution in [0.5, 0.6) is 0 Å². The zero-order valence-electron chi connectivity index (χ0n) is 8.60. The summed E-state index contributed by atoms with van der Waals surface area (Å²) >= 11 is 0. The van der Waals surface area contributed by atoms with Gasteiger partial charge < -0.3 is 5.32 Å².